The number of aryl methyl sites for hydroxylation is 1. The Morgan fingerprint density at radius 1 is 1.56 bits per heavy atom. The first-order valence-electron chi connectivity index (χ1n) is 4.83. The average Bonchev–Trinajstić information content (AvgIpc) is 2.65. The van der Waals surface area contributed by atoms with Crippen molar-refractivity contribution in [3.05, 3.63) is 41.9 Å². The molecule has 0 saturated carbocycles. The van der Waals surface area contributed by atoms with Crippen LogP contribution < -0.4 is 0 Å². The summed E-state index contributed by atoms with van der Waals surface area (Å²) in [7, 11) is 0. The van der Waals surface area contributed by atoms with Crippen molar-refractivity contribution in [1.82, 2.24) is 14.8 Å². The molecule has 0 saturated heterocycles. The minimum atomic E-state index is -0.864. The van der Waals surface area contributed by atoms with E-state index in [9.17, 15) is 4.79 Å². The van der Waals surface area contributed by atoms with E-state index in [-0.39, 0.29) is 6.42 Å². The number of pyridine rings is 1. The third kappa shape index (κ3) is 2.25. The molecule has 0 fully saturated rings. The summed E-state index contributed by atoms with van der Waals surface area (Å²) in [5, 5.41) is 12.7. The second kappa shape index (κ2) is 4.14. The summed E-state index contributed by atoms with van der Waals surface area (Å²) in [5.74, 6) is -0.173. The zero-order valence-electron chi connectivity index (χ0n) is 8.79. The van der Waals surface area contributed by atoms with Gasteiger partial charge in [0, 0.05) is 18.0 Å². The maximum absolute atomic E-state index is 10.5. The molecular weight excluding hydrogens is 206 g/mol. The summed E-state index contributed by atoms with van der Waals surface area (Å²) in [4.78, 5) is 14.7. The van der Waals surface area contributed by atoms with E-state index in [1.54, 1.807) is 17.1 Å². The zero-order valence-corrected chi connectivity index (χ0v) is 8.79. The van der Waals surface area contributed by atoms with E-state index in [1.807, 2.05) is 19.1 Å². The molecule has 16 heavy (non-hydrogen) atoms. The first-order chi connectivity index (χ1) is 7.65. The van der Waals surface area contributed by atoms with Gasteiger partial charge in [-0.25, -0.2) is 9.67 Å². The van der Waals surface area contributed by atoms with Crippen LogP contribution in [0.15, 0.2) is 30.7 Å². The number of rotatable bonds is 3. The summed E-state index contributed by atoms with van der Waals surface area (Å²) in [6.07, 6.45) is 4.89. The normalized spacial score (nSPS) is 10.3. The first kappa shape index (κ1) is 10.4. The highest BCUT2D eigenvalue weighted by atomic mass is 16.4. The lowest BCUT2D eigenvalue weighted by molar-refractivity contribution is -0.136. The summed E-state index contributed by atoms with van der Waals surface area (Å²) < 4.78 is 1.57. The molecular formula is C11H11N3O2. The van der Waals surface area contributed by atoms with Crippen molar-refractivity contribution in [2.24, 2.45) is 0 Å². The van der Waals surface area contributed by atoms with Crippen LogP contribution in [0.2, 0.25) is 0 Å². The topological polar surface area (TPSA) is 68.0 Å². The molecule has 0 atom stereocenters. The summed E-state index contributed by atoms with van der Waals surface area (Å²) in [6.45, 7) is 1.97. The average molecular weight is 217 g/mol. The third-order valence-corrected chi connectivity index (χ3v) is 2.13. The van der Waals surface area contributed by atoms with Crippen LogP contribution >= 0.6 is 0 Å². The van der Waals surface area contributed by atoms with Crippen LogP contribution in [-0.4, -0.2) is 25.8 Å². The third-order valence-electron chi connectivity index (χ3n) is 2.13. The van der Waals surface area contributed by atoms with Gasteiger partial charge in [-0.15, -0.1) is 0 Å². The number of aromatic nitrogens is 3. The van der Waals surface area contributed by atoms with Crippen molar-refractivity contribution in [2.75, 3.05) is 0 Å². The van der Waals surface area contributed by atoms with Gasteiger partial charge in [-0.3, -0.25) is 4.79 Å². The summed E-state index contributed by atoms with van der Waals surface area (Å²) in [5.41, 5.74) is 1.75. The number of carbonyl (C=O) groups is 1. The van der Waals surface area contributed by atoms with Crippen LogP contribution in [0.5, 0.6) is 0 Å². The van der Waals surface area contributed by atoms with E-state index in [1.165, 1.54) is 6.20 Å². The second-order valence-electron chi connectivity index (χ2n) is 3.56. The van der Waals surface area contributed by atoms with Crippen molar-refractivity contribution >= 4 is 5.97 Å². The Labute approximate surface area is 92.4 Å². The Morgan fingerprint density at radius 3 is 3.06 bits per heavy atom. The van der Waals surface area contributed by atoms with E-state index in [0.717, 1.165) is 5.56 Å². The van der Waals surface area contributed by atoms with Crippen LogP contribution in [0.25, 0.3) is 5.82 Å². The molecule has 2 heterocycles. The van der Waals surface area contributed by atoms with Gasteiger partial charge < -0.3 is 5.11 Å². The van der Waals surface area contributed by atoms with Crippen LogP contribution in [0.3, 0.4) is 0 Å². The largest absolute Gasteiger partial charge is 0.481 e. The lowest BCUT2D eigenvalue weighted by Gasteiger charge is -2.00. The molecule has 82 valence electrons. The predicted octanol–water partition coefficient (Wildman–Crippen LogP) is 1.20. The van der Waals surface area contributed by atoms with Crippen LogP contribution in [0, 0.1) is 6.92 Å². The first-order valence-corrected chi connectivity index (χ1v) is 4.83. The van der Waals surface area contributed by atoms with Crippen LogP contribution in [-0.2, 0) is 11.2 Å². The molecule has 0 bridgehead atoms. The molecule has 5 heteroatoms. The molecule has 0 radical (unpaired) electrons. The van der Waals surface area contributed by atoms with Crippen molar-refractivity contribution in [3.63, 3.8) is 0 Å². The number of carboxylic acids is 1. The van der Waals surface area contributed by atoms with Crippen molar-refractivity contribution in [2.45, 2.75) is 13.3 Å². The number of hydrogen-bond acceptors (Lipinski definition) is 3. The number of nitrogens with zero attached hydrogens (tertiary/aromatic N) is 3. The fourth-order valence-electron chi connectivity index (χ4n) is 1.40. The molecule has 2 aromatic heterocycles. The zero-order chi connectivity index (χ0) is 11.5. The van der Waals surface area contributed by atoms with Gasteiger partial charge in [0.1, 0.15) is 0 Å². The maximum Gasteiger partial charge on any atom is 0.307 e. The lowest BCUT2D eigenvalue weighted by atomic mass is 10.2. The van der Waals surface area contributed by atoms with Gasteiger partial charge >= 0.3 is 5.97 Å². The fraction of sp³-hybridized carbons (Fsp3) is 0.182. The SMILES string of the molecule is Cc1ccnc(-n2cc(CC(=O)O)cn2)c1. The van der Waals surface area contributed by atoms with Crippen LogP contribution in [0.4, 0.5) is 0 Å². The molecule has 2 aromatic rings. The highest BCUT2D eigenvalue weighted by molar-refractivity contribution is 5.69. The number of carboxylic acid groups (broad SMARTS) is 1. The van der Waals surface area contributed by atoms with E-state index in [2.05, 4.69) is 10.1 Å². The molecule has 0 spiro atoms. The molecule has 0 aromatic carbocycles. The fourth-order valence-corrected chi connectivity index (χ4v) is 1.40. The Hall–Kier alpha value is -2.17. The van der Waals surface area contributed by atoms with E-state index < -0.39 is 5.97 Å². The second-order valence-corrected chi connectivity index (χ2v) is 3.56. The Balaban J connectivity index is 2.28. The summed E-state index contributed by atoms with van der Waals surface area (Å²) in [6, 6.07) is 3.78. The van der Waals surface area contributed by atoms with Gasteiger partial charge in [-0.05, 0) is 24.6 Å². The summed E-state index contributed by atoms with van der Waals surface area (Å²) >= 11 is 0. The molecule has 0 aliphatic heterocycles. The molecule has 0 aliphatic rings. The quantitative estimate of drug-likeness (QED) is 0.838. The smallest absolute Gasteiger partial charge is 0.307 e. The minimum Gasteiger partial charge on any atom is -0.481 e. The predicted molar refractivity (Wildman–Crippen MR) is 57.4 cm³/mol. The van der Waals surface area contributed by atoms with Crippen LogP contribution in [0.1, 0.15) is 11.1 Å². The maximum atomic E-state index is 10.5. The van der Waals surface area contributed by atoms with Gasteiger partial charge in [0.15, 0.2) is 5.82 Å². The van der Waals surface area contributed by atoms with Gasteiger partial charge in [-0.2, -0.15) is 5.10 Å². The minimum absolute atomic E-state index is 0.0220. The Bertz CT molecular complexity index is 519. The molecule has 0 unspecified atom stereocenters. The van der Waals surface area contributed by atoms with Gasteiger partial charge in [0.2, 0.25) is 0 Å². The molecule has 5 nitrogen and oxygen atoms in total. The van der Waals surface area contributed by atoms with Gasteiger partial charge in [0.05, 0.1) is 12.6 Å². The van der Waals surface area contributed by atoms with Gasteiger partial charge in [0.25, 0.3) is 0 Å². The standard InChI is InChI=1S/C11H11N3O2/c1-8-2-3-12-10(4-8)14-7-9(6-13-14)5-11(15)16/h2-4,6-7H,5H2,1H3,(H,15,16). The Morgan fingerprint density at radius 2 is 2.38 bits per heavy atom. The number of aliphatic carboxylic acids is 1. The van der Waals surface area contributed by atoms with E-state index >= 15 is 0 Å². The Kier molecular flexibility index (Phi) is 2.68. The van der Waals surface area contributed by atoms with Crippen molar-refractivity contribution in [1.29, 1.82) is 0 Å². The van der Waals surface area contributed by atoms with E-state index in [4.69, 9.17) is 5.11 Å². The van der Waals surface area contributed by atoms with Crippen molar-refractivity contribution in [3.8, 4) is 5.82 Å². The lowest BCUT2D eigenvalue weighted by Crippen LogP contribution is -1.99. The highest BCUT2D eigenvalue weighted by Crippen LogP contribution is 2.07. The monoisotopic (exact) mass is 217 g/mol. The molecule has 0 aliphatic carbocycles. The van der Waals surface area contributed by atoms with Gasteiger partial charge in [-0.1, -0.05) is 0 Å². The highest BCUT2D eigenvalue weighted by Gasteiger charge is 2.05. The molecule has 1 N–H and O–H groups in total. The van der Waals surface area contributed by atoms with E-state index in [0.29, 0.717) is 11.4 Å². The molecule has 2 rings (SSSR count). The molecule has 0 amide bonds. The number of hydrogen-bond donors (Lipinski definition) is 1. The van der Waals surface area contributed by atoms with Crippen molar-refractivity contribution < 1.29 is 9.90 Å².